The average Bonchev–Trinajstić information content (AvgIpc) is 2.15. The van der Waals surface area contributed by atoms with E-state index in [1.807, 2.05) is 18.2 Å². The fourth-order valence-electron chi connectivity index (χ4n) is 1.13. The van der Waals surface area contributed by atoms with Crippen molar-refractivity contribution >= 4 is 61.6 Å². The summed E-state index contributed by atoms with van der Waals surface area (Å²) >= 11 is 20.4. The summed E-state index contributed by atoms with van der Waals surface area (Å²) in [5, 5.41) is 0.899. The SMILES string of the molecule is ClC(Cl)(Cl)c1ncc2ccc(Br)cc2n1. The van der Waals surface area contributed by atoms with Crippen LogP contribution in [-0.4, -0.2) is 9.97 Å². The summed E-state index contributed by atoms with van der Waals surface area (Å²) in [6.07, 6.45) is 1.63. The Bertz CT molecular complexity index is 510. The van der Waals surface area contributed by atoms with Gasteiger partial charge < -0.3 is 0 Å². The molecule has 78 valence electrons. The highest BCUT2D eigenvalue weighted by molar-refractivity contribution is 9.10. The zero-order valence-electron chi connectivity index (χ0n) is 7.22. The van der Waals surface area contributed by atoms with Crippen LogP contribution in [0.3, 0.4) is 0 Å². The fourth-order valence-corrected chi connectivity index (χ4v) is 1.76. The van der Waals surface area contributed by atoms with E-state index in [2.05, 4.69) is 25.9 Å². The Labute approximate surface area is 110 Å². The van der Waals surface area contributed by atoms with Gasteiger partial charge in [-0.15, -0.1) is 0 Å². The first-order valence-corrected chi connectivity index (χ1v) is 5.89. The number of hydrogen-bond acceptors (Lipinski definition) is 2. The Morgan fingerprint density at radius 1 is 1.20 bits per heavy atom. The van der Waals surface area contributed by atoms with Gasteiger partial charge in [0.1, 0.15) is 0 Å². The number of alkyl halides is 3. The average molecular weight is 326 g/mol. The second-order valence-electron chi connectivity index (χ2n) is 2.89. The molecule has 0 N–H and O–H groups in total. The predicted molar refractivity (Wildman–Crippen MR) is 66.5 cm³/mol. The Morgan fingerprint density at radius 2 is 1.93 bits per heavy atom. The Morgan fingerprint density at radius 3 is 2.60 bits per heavy atom. The van der Waals surface area contributed by atoms with Crippen molar-refractivity contribution in [2.45, 2.75) is 3.79 Å². The zero-order chi connectivity index (χ0) is 11.1. The molecule has 0 unspecified atom stereocenters. The van der Waals surface area contributed by atoms with Gasteiger partial charge in [0.15, 0.2) is 5.82 Å². The topological polar surface area (TPSA) is 25.8 Å². The molecule has 15 heavy (non-hydrogen) atoms. The van der Waals surface area contributed by atoms with Crippen LogP contribution in [0.25, 0.3) is 10.9 Å². The van der Waals surface area contributed by atoms with Crippen molar-refractivity contribution in [3.05, 3.63) is 34.7 Å². The Hall–Kier alpha value is -0.0900. The van der Waals surface area contributed by atoms with E-state index in [9.17, 15) is 0 Å². The summed E-state index contributed by atoms with van der Waals surface area (Å²) in [5.41, 5.74) is 0.737. The van der Waals surface area contributed by atoms with Gasteiger partial charge in [-0.1, -0.05) is 56.8 Å². The van der Waals surface area contributed by atoms with Gasteiger partial charge in [-0.05, 0) is 12.1 Å². The van der Waals surface area contributed by atoms with Gasteiger partial charge in [0.25, 0.3) is 0 Å². The largest absolute Gasteiger partial charge is 0.250 e. The highest BCUT2D eigenvalue weighted by Gasteiger charge is 2.26. The lowest BCUT2D eigenvalue weighted by molar-refractivity contribution is 0.995. The standard InChI is InChI=1S/C9H4BrCl3N2/c10-6-2-1-5-4-14-8(9(11,12)13)15-7(5)3-6/h1-4H. The van der Waals surface area contributed by atoms with Gasteiger partial charge in [-0.3, -0.25) is 0 Å². The van der Waals surface area contributed by atoms with E-state index >= 15 is 0 Å². The van der Waals surface area contributed by atoms with Crippen LogP contribution in [0.15, 0.2) is 28.9 Å². The van der Waals surface area contributed by atoms with E-state index < -0.39 is 3.79 Å². The molecule has 1 aromatic heterocycles. The van der Waals surface area contributed by atoms with E-state index in [0.717, 1.165) is 15.4 Å². The molecular weight excluding hydrogens is 322 g/mol. The first-order valence-electron chi connectivity index (χ1n) is 3.96. The highest BCUT2D eigenvalue weighted by atomic mass is 79.9. The van der Waals surface area contributed by atoms with E-state index in [0.29, 0.717) is 0 Å². The second-order valence-corrected chi connectivity index (χ2v) is 6.09. The Balaban J connectivity index is 2.64. The minimum atomic E-state index is -1.59. The molecule has 2 rings (SSSR count). The summed E-state index contributed by atoms with van der Waals surface area (Å²) in [7, 11) is 0. The van der Waals surface area contributed by atoms with Crippen LogP contribution in [0.5, 0.6) is 0 Å². The quantitative estimate of drug-likeness (QED) is 0.678. The molecule has 1 aromatic carbocycles. The van der Waals surface area contributed by atoms with Crippen LogP contribution < -0.4 is 0 Å². The third kappa shape index (κ3) is 2.53. The maximum absolute atomic E-state index is 5.69. The molecule has 0 fully saturated rings. The van der Waals surface area contributed by atoms with Gasteiger partial charge in [-0.25, -0.2) is 9.97 Å². The number of rotatable bonds is 0. The molecule has 0 radical (unpaired) electrons. The third-order valence-electron chi connectivity index (χ3n) is 1.80. The number of halogens is 4. The maximum Gasteiger partial charge on any atom is 0.250 e. The monoisotopic (exact) mass is 324 g/mol. The van der Waals surface area contributed by atoms with Gasteiger partial charge >= 0.3 is 0 Å². The summed E-state index contributed by atoms with van der Waals surface area (Å²) in [4.78, 5) is 8.16. The second kappa shape index (κ2) is 4.06. The summed E-state index contributed by atoms with van der Waals surface area (Å²) in [6, 6.07) is 5.64. The van der Waals surface area contributed by atoms with Gasteiger partial charge in [-0.2, -0.15) is 0 Å². The number of hydrogen-bond donors (Lipinski definition) is 0. The number of fused-ring (bicyclic) bond motifs is 1. The van der Waals surface area contributed by atoms with Gasteiger partial charge in [0.2, 0.25) is 3.79 Å². The first-order chi connectivity index (χ1) is 6.97. The van der Waals surface area contributed by atoms with Gasteiger partial charge in [0, 0.05) is 16.1 Å². The molecule has 2 nitrogen and oxygen atoms in total. The molecule has 0 atom stereocenters. The molecule has 0 spiro atoms. The van der Waals surface area contributed by atoms with Crippen LogP contribution in [0.1, 0.15) is 5.82 Å². The number of benzene rings is 1. The van der Waals surface area contributed by atoms with E-state index in [4.69, 9.17) is 34.8 Å². The van der Waals surface area contributed by atoms with Crippen molar-refractivity contribution in [1.29, 1.82) is 0 Å². The van der Waals surface area contributed by atoms with E-state index in [-0.39, 0.29) is 5.82 Å². The molecule has 0 aliphatic carbocycles. The lowest BCUT2D eigenvalue weighted by Gasteiger charge is -2.09. The van der Waals surface area contributed by atoms with Crippen molar-refractivity contribution < 1.29 is 0 Å². The molecule has 0 aliphatic rings. The number of aromatic nitrogens is 2. The molecule has 0 saturated heterocycles. The van der Waals surface area contributed by atoms with Crippen molar-refractivity contribution in [3.8, 4) is 0 Å². The van der Waals surface area contributed by atoms with Crippen LogP contribution in [-0.2, 0) is 3.79 Å². The molecule has 0 saturated carbocycles. The lowest BCUT2D eigenvalue weighted by Crippen LogP contribution is -2.06. The molecule has 0 aliphatic heterocycles. The first kappa shape index (κ1) is 11.4. The minimum absolute atomic E-state index is 0.179. The minimum Gasteiger partial charge on any atom is -0.236 e. The molecule has 1 heterocycles. The molecule has 6 heteroatoms. The van der Waals surface area contributed by atoms with Crippen molar-refractivity contribution in [1.82, 2.24) is 9.97 Å². The van der Waals surface area contributed by atoms with E-state index in [1.54, 1.807) is 6.20 Å². The van der Waals surface area contributed by atoms with Crippen molar-refractivity contribution in [2.24, 2.45) is 0 Å². The fraction of sp³-hybridized carbons (Fsp3) is 0.111. The Kier molecular flexibility index (Phi) is 3.08. The van der Waals surface area contributed by atoms with Crippen molar-refractivity contribution in [3.63, 3.8) is 0 Å². The molecule has 2 aromatic rings. The number of nitrogens with zero attached hydrogens (tertiary/aromatic N) is 2. The molecular formula is C9H4BrCl3N2. The van der Waals surface area contributed by atoms with Crippen LogP contribution >= 0.6 is 50.7 Å². The maximum atomic E-state index is 5.69. The summed E-state index contributed by atoms with van der Waals surface area (Å²) in [6.45, 7) is 0. The normalized spacial score (nSPS) is 12.0. The lowest BCUT2D eigenvalue weighted by atomic mass is 10.2. The van der Waals surface area contributed by atoms with Crippen LogP contribution in [0, 0.1) is 0 Å². The summed E-state index contributed by atoms with van der Waals surface area (Å²) in [5.74, 6) is 0.179. The highest BCUT2D eigenvalue weighted by Crippen LogP contribution is 2.36. The van der Waals surface area contributed by atoms with Gasteiger partial charge in [0.05, 0.1) is 5.52 Å². The third-order valence-corrected chi connectivity index (χ3v) is 2.80. The van der Waals surface area contributed by atoms with Crippen LogP contribution in [0.2, 0.25) is 0 Å². The van der Waals surface area contributed by atoms with E-state index in [1.165, 1.54) is 0 Å². The molecule has 0 amide bonds. The van der Waals surface area contributed by atoms with Crippen LogP contribution in [0.4, 0.5) is 0 Å². The summed E-state index contributed by atoms with van der Waals surface area (Å²) < 4.78 is -0.666. The predicted octanol–water partition coefficient (Wildman–Crippen LogP) is 4.22. The van der Waals surface area contributed by atoms with Crippen molar-refractivity contribution in [2.75, 3.05) is 0 Å². The molecule has 0 bridgehead atoms. The smallest absolute Gasteiger partial charge is 0.236 e. The zero-order valence-corrected chi connectivity index (χ0v) is 11.1.